The summed E-state index contributed by atoms with van der Waals surface area (Å²) in [6.45, 7) is 0. The van der Waals surface area contributed by atoms with Crippen molar-refractivity contribution in [3.05, 3.63) is 29.8 Å². The second-order valence-corrected chi connectivity index (χ2v) is 2.99. The Morgan fingerprint density at radius 1 is 1.12 bits per heavy atom. The fourth-order valence-electron chi connectivity index (χ4n) is 1.02. The lowest BCUT2D eigenvalue weighted by Crippen LogP contribution is -2.07. The minimum Gasteiger partial charge on any atom is -0.300 e. The zero-order valence-corrected chi connectivity index (χ0v) is 8.39. The number of carbonyl (C=O) groups is 2. The van der Waals surface area contributed by atoms with Crippen molar-refractivity contribution < 1.29 is 22.8 Å². The van der Waals surface area contributed by atoms with Crippen molar-refractivity contribution in [1.82, 2.24) is 0 Å². The average molecular weight is 244 g/mol. The molecule has 7 heteroatoms. The van der Waals surface area contributed by atoms with E-state index in [-0.39, 0.29) is 12.6 Å². The third-order valence-electron chi connectivity index (χ3n) is 1.79. The minimum atomic E-state index is -4.56. The highest BCUT2D eigenvalue weighted by atomic mass is 19.4. The van der Waals surface area contributed by atoms with Gasteiger partial charge in [0.25, 0.3) is 0 Å². The van der Waals surface area contributed by atoms with E-state index in [0.29, 0.717) is 0 Å². The van der Waals surface area contributed by atoms with E-state index >= 15 is 0 Å². The van der Waals surface area contributed by atoms with Gasteiger partial charge in [-0.05, 0) is 12.1 Å². The van der Waals surface area contributed by atoms with Gasteiger partial charge < -0.3 is 9.59 Å². The van der Waals surface area contributed by atoms with Gasteiger partial charge in [0.1, 0.15) is 0 Å². The molecule has 0 amide bonds. The van der Waals surface area contributed by atoms with Crippen molar-refractivity contribution in [3.63, 3.8) is 0 Å². The lowest BCUT2D eigenvalue weighted by molar-refractivity contribution is -0.137. The SMILES string of the molecule is O=CC(C=O)N=Nc1ccccc1C(F)(F)F. The van der Waals surface area contributed by atoms with Crippen LogP contribution in [0.25, 0.3) is 0 Å². The topological polar surface area (TPSA) is 58.9 Å². The predicted octanol–water partition coefficient (Wildman–Crippen LogP) is 2.56. The van der Waals surface area contributed by atoms with Gasteiger partial charge in [-0.25, -0.2) is 0 Å². The molecule has 0 N–H and O–H groups in total. The number of nitrogens with zero attached hydrogens (tertiary/aromatic N) is 2. The lowest BCUT2D eigenvalue weighted by Gasteiger charge is -2.08. The molecule has 1 aromatic carbocycles. The number of rotatable bonds is 4. The number of azo groups is 1. The van der Waals surface area contributed by atoms with Crippen molar-refractivity contribution in [2.45, 2.75) is 12.2 Å². The molecule has 1 rings (SSSR count). The van der Waals surface area contributed by atoms with Gasteiger partial charge in [-0.15, -0.1) is 0 Å². The number of aldehydes is 2. The molecular formula is C10H7F3N2O2. The Balaban J connectivity index is 3.07. The molecule has 0 heterocycles. The van der Waals surface area contributed by atoms with Gasteiger partial charge in [-0.2, -0.15) is 23.4 Å². The van der Waals surface area contributed by atoms with Crippen LogP contribution in [0.5, 0.6) is 0 Å². The average Bonchev–Trinajstić information content (AvgIpc) is 2.29. The Bertz CT molecular complexity index is 435. The molecule has 0 saturated carbocycles. The van der Waals surface area contributed by atoms with Crippen LogP contribution in [0.3, 0.4) is 0 Å². The molecule has 0 fully saturated rings. The first kappa shape index (κ1) is 13.0. The van der Waals surface area contributed by atoms with E-state index in [9.17, 15) is 22.8 Å². The number of hydrogen-bond acceptors (Lipinski definition) is 4. The van der Waals surface area contributed by atoms with Crippen LogP contribution in [0.2, 0.25) is 0 Å². The number of alkyl halides is 3. The molecule has 17 heavy (non-hydrogen) atoms. The van der Waals surface area contributed by atoms with E-state index in [0.717, 1.165) is 12.1 Å². The van der Waals surface area contributed by atoms with Gasteiger partial charge in [0, 0.05) is 0 Å². The van der Waals surface area contributed by atoms with Gasteiger partial charge in [-0.3, -0.25) is 0 Å². The zero-order valence-electron chi connectivity index (χ0n) is 8.39. The molecule has 0 saturated heterocycles. The fourth-order valence-corrected chi connectivity index (χ4v) is 1.02. The van der Waals surface area contributed by atoms with Crippen LogP contribution in [-0.4, -0.2) is 18.6 Å². The summed E-state index contributed by atoms with van der Waals surface area (Å²) in [5.41, 5.74) is -1.41. The number of carbonyl (C=O) groups excluding carboxylic acids is 2. The third-order valence-corrected chi connectivity index (χ3v) is 1.79. The normalized spacial score (nSPS) is 12.0. The Kier molecular flexibility index (Phi) is 4.08. The van der Waals surface area contributed by atoms with Crippen molar-refractivity contribution in [1.29, 1.82) is 0 Å². The summed E-state index contributed by atoms with van der Waals surface area (Å²) < 4.78 is 37.5. The minimum absolute atomic E-state index is 0.187. The van der Waals surface area contributed by atoms with E-state index in [4.69, 9.17) is 0 Å². The van der Waals surface area contributed by atoms with E-state index in [1.807, 2.05) is 0 Å². The molecule has 0 unspecified atom stereocenters. The molecule has 0 radical (unpaired) electrons. The number of halogens is 3. The van der Waals surface area contributed by atoms with Crippen LogP contribution < -0.4 is 0 Å². The van der Waals surface area contributed by atoms with E-state index in [2.05, 4.69) is 10.2 Å². The fraction of sp³-hybridized carbons (Fsp3) is 0.200. The van der Waals surface area contributed by atoms with Gasteiger partial charge in [0.2, 0.25) is 0 Å². The van der Waals surface area contributed by atoms with E-state index < -0.39 is 23.5 Å². The Hall–Kier alpha value is -2.05. The maximum atomic E-state index is 12.5. The monoisotopic (exact) mass is 244 g/mol. The quantitative estimate of drug-likeness (QED) is 0.464. The molecule has 0 bridgehead atoms. The summed E-state index contributed by atoms with van der Waals surface area (Å²) >= 11 is 0. The standard InChI is InChI=1S/C10H7F3N2O2/c11-10(12,13)8-3-1-2-4-9(8)15-14-7(5-16)6-17/h1-7H. The Morgan fingerprint density at radius 3 is 2.24 bits per heavy atom. The third kappa shape index (κ3) is 3.47. The highest BCUT2D eigenvalue weighted by Gasteiger charge is 2.33. The Morgan fingerprint density at radius 2 is 1.71 bits per heavy atom. The molecule has 0 aromatic heterocycles. The second-order valence-electron chi connectivity index (χ2n) is 2.99. The highest BCUT2D eigenvalue weighted by molar-refractivity contribution is 5.82. The van der Waals surface area contributed by atoms with E-state index in [1.165, 1.54) is 12.1 Å². The predicted molar refractivity (Wildman–Crippen MR) is 51.9 cm³/mol. The lowest BCUT2D eigenvalue weighted by atomic mass is 10.2. The first-order valence-corrected chi connectivity index (χ1v) is 4.46. The van der Waals surface area contributed by atoms with Crippen molar-refractivity contribution in [2.24, 2.45) is 10.2 Å². The van der Waals surface area contributed by atoms with Crippen molar-refractivity contribution >= 4 is 18.3 Å². The Labute approximate surface area is 94.2 Å². The van der Waals surface area contributed by atoms with Crippen LogP contribution in [0, 0.1) is 0 Å². The van der Waals surface area contributed by atoms with Crippen LogP contribution >= 0.6 is 0 Å². The van der Waals surface area contributed by atoms with Crippen molar-refractivity contribution in [3.8, 4) is 0 Å². The molecule has 0 atom stereocenters. The summed E-state index contributed by atoms with van der Waals surface area (Å²) in [7, 11) is 0. The number of hydrogen-bond donors (Lipinski definition) is 0. The summed E-state index contributed by atoms with van der Waals surface area (Å²) in [6, 6.07) is 3.11. The molecule has 0 spiro atoms. The first-order valence-electron chi connectivity index (χ1n) is 4.46. The van der Waals surface area contributed by atoms with Gasteiger partial charge in [-0.1, -0.05) is 12.1 Å². The maximum absolute atomic E-state index is 12.5. The van der Waals surface area contributed by atoms with Crippen LogP contribution in [0.15, 0.2) is 34.5 Å². The summed E-state index contributed by atoms with van der Waals surface area (Å²) in [5.74, 6) is 0. The molecule has 0 aliphatic heterocycles. The van der Waals surface area contributed by atoms with Crippen LogP contribution in [0.4, 0.5) is 18.9 Å². The maximum Gasteiger partial charge on any atom is 0.418 e. The molecule has 1 aromatic rings. The summed E-state index contributed by atoms with van der Waals surface area (Å²) in [4.78, 5) is 20.5. The summed E-state index contributed by atoms with van der Waals surface area (Å²) in [6.07, 6.45) is -4.19. The van der Waals surface area contributed by atoms with Crippen molar-refractivity contribution in [2.75, 3.05) is 0 Å². The van der Waals surface area contributed by atoms with Crippen LogP contribution in [-0.2, 0) is 15.8 Å². The van der Waals surface area contributed by atoms with Gasteiger partial charge >= 0.3 is 6.18 Å². The summed E-state index contributed by atoms with van der Waals surface area (Å²) in [5, 5.41) is 6.45. The van der Waals surface area contributed by atoms with E-state index in [1.54, 1.807) is 0 Å². The highest BCUT2D eigenvalue weighted by Crippen LogP contribution is 2.36. The largest absolute Gasteiger partial charge is 0.418 e. The molecule has 0 aliphatic carbocycles. The zero-order chi connectivity index (χ0) is 12.9. The second kappa shape index (κ2) is 5.33. The molecular weight excluding hydrogens is 237 g/mol. The number of benzene rings is 1. The molecule has 90 valence electrons. The van der Waals surface area contributed by atoms with Crippen LogP contribution in [0.1, 0.15) is 5.56 Å². The first-order chi connectivity index (χ1) is 7.99. The molecule has 0 aliphatic rings. The van der Waals surface area contributed by atoms with Gasteiger partial charge in [0.05, 0.1) is 11.3 Å². The smallest absolute Gasteiger partial charge is 0.300 e. The molecule has 4 nitrogen and oxygen atoms in total. The van der Waals surface area contributed by atoms with Gasteiger partial charge in [0.15, 0.2) is 18.6 Å².